The van der Waals surface area contributed by atoms with Gasteiger partial charge >= 0.3 is 0 Å². The first kappa shape index (κ1) is 17.3. The Kier molecular flexibility index (Phi) is 4.12. The van der Waals surface area contributed by atoms with Crippen molar-refractivity contribution in [2.75, 3.05) is 13.1 Å². The van der Waals surface area contributed by atoms with Crippen molar-refractivity contribution in [1.29, 1.82) is 0 Å². The molecule has 3 aromatic rings. The Labute approximate surface area is 162 Å². The molecule has 0 radical (unpaired) electrons. The monoisotopic (exact) mass is 379 g/mol. The largest absolute Gasteiger partial charge is 0.338 e. The van der Waals surface area contributed by atoms with Crippen molar-refractivity contribution < 1.29 is 9.18 Å². The highest BCUT2D eigenvalue weighted by Crippen LogP contribution is 2.38. The summed E-state index contributed by atoms with van der Waals surface area (Å²) in [6, 6.07) is 9.71. The molecule has 2 aromatic heterocycles. The van der Waals surface area contributed by atoms with Crippen LogP contribution in [0.2, 0.25) is 0 Å². The molecule has 2 N–H and O–H groups in total. The lowest BCUT2D eigenvalue weighted by Crippen LogP contribution is -2.45. The molecule has 6 nitrogen and oxygen atoms in total. The van der Waals surface area contributed by atoms with Crippen LogP contribution in [0.5, 0.6) is 0 Å². The van der Waals surface area contributed by atoms with Gasteiger partial charge in [-0.3, -0.25) is 4.79 Å². The van der Waals surface area contributed by atoms with Gasteiger partial charge in [-0.1, -0.05) is 18.2 Å². The highest BCUT2D eigenvalue weighted by Gasteiger charge is 2.36. The van der Waals surface area contributed by atoms with Crippen LogP contribution < -0.4 is 5.73 Å². The second kappa shape index (κ2) is 6.67. The molecule has 1 aliphatic carbocycles. The second-order valence-corrected chi connectivity index (χ2v) is 7.74. The average molecular weight is 379 g/mol. The van der Waals surface area contributed by atoms with Crippen LogP contribution in [-0.2, 0) is 11.2 Å². The number of hydrogen-bond acceptors (Lipinski definition) is 4. The molecule has 1 fully saturated rings. The van der Waals surface area contributed by atoms with E-state index in [9.17, 15) is 9.18 Å². The Balaban J connectivity index is 1.39. The third-order valence-corrected chi connectivity index (χ3v) is 6.04. The maximum absolute atomic E-state index is 13.5. The van der Waals surface area contributed by atoms with E-state index < -0.39 is 12.2 Å². The van der Waals surface area contributed by atoms with Crippen LogP contribution in [-0.4, -0.2) is 50.7 Å². The molecule has 1 amide bonds. The van der Waals surface area contributed by atoms with Crippen LogP contribution in [0.25, 0.3) is 16.8 Å². The van der Waals surface area contributed by atoms with E-state index in [1.54, 1.807) is 9.42 Å². The number of carbonyl (C=O) groups is 1. The molecular weight excluding hydrogens is 357 g/mol. The number of alkyl halides is 1. The zero-order valence-electron chi connectivity index (χ0n) is 15.5. The van der Waals surface area contributed by atoms with Gasteiger partial charge in [0.1, 0.15) is 12.5 Å². The zero-order valence-corrected chi connectivity index (χ0v) is 15.5. The number of rotatable bonds is 3. The molecule has 7 heteroatoms. The lowest BCUT2D eigenvalue weighted by molar-refractivity contribution is -0.132. The summed E-state index contributed by atoms with van der Waals surface area (Å²) in [5.74, 6) is -0.133. The number of nitrogens with zero attached hydrogens (tertiary/aromatic N) is 4. The van der Waals surface area contributed by atoms with Crippen LogP contribution in [0.3, 0.4) is 0 Å². The van der Waals surface area contributed by atoms with Crippen LogP contribution in [0.1, 0.15) is 29.9 Å². The normalized spacial score (nSPS) is 22.6. The molecule has 0 bridgehead atoms. The highest BCUT2D eigenvalue weighted by molar-refractivity contribution is 5.83. The third-order valence-electron chi connectivity index (χ3n) is 6.04. The van der Waals surface area contributed by atoms with Crippen LogP contribution in [0, 0.1) is 0 Å². The third kappa shape index (κ3) is 2.86. The number of aryl methyl sites for hydroxylation is 1. The fourth-order valence-corrected chi connectivity index (χ4v) is 4.49. The summed E-state index contributed by atoms with van der Waals surface area (Å²) >= 11 is 0. The molecule has 3 heterocycles. The van der Waals surface area contributed by atoms with Crippen LogP contribution in [0.4, 0.5) is 4.39 Å². The summed E-state index contributed by atoms with van der Waals surface area (Å²) in [5, 5.41) is 4.20. The zero-order chi connectivity index (χ0) is 19.3. The van der Waals surface area contributed by atoms with E-state index in [0.717, 1.165) is 35.2 Å². The number of halogens is 1. The van der Waals surface area contributed by atoms with E-state index in [1.807, 2.05) is 18.3 Å². The molecular formula is C21H22FN5O. The summed E-state index contributed by atoms with van der Waals surface area (Å²) in [6.07, 6.45) is 4.74. The number of fused-ring (bicyclic) bond motifs is 2. The van der Waals surface area contributed by atoms with Gasteiger partial charge in [-0.2, -0.15) is 5.10 Å². The Bertz CT molecular complexity index is 1050. The molecule has 2 aliphatic rings. The number of nitrogens with two attached hydrogens (primary N) is 1. The fraction of sp³-hybridized carbons (Fsp3) is 0.381. The van der Waals surface area contributed by atoms with Gasteiger partial charge in [-0.05, 0) is 48.1 Å². The molecule has 0 spiro atoms. The van der Waals surface area contributed by atoms with Gasteiger partial charge in [0.15, 0.2) is 5.65 Å². The molecule has 144 valence electrons. The van der Waals surface area contributed by atoms with E-state index >= 15 is 0 Å². The Hall–Kier alpha value is -2.80. The highest BCUT2D eigenvalue weighted by atomic mass is 19.1. The van der Waals surface area contributed by atoms with Crippen molar-refractivity contribution in [3.8, 4) is 11.1 Å². The van der Waals surface area contributed by atoms with Crippen molar-refractivity contribution >= 4 is 11.6 Å². The Morgan fingerprint density at radius 3 is 2.89 bits per heavy atom. The van der Waals surface area contributed by atoms with Gasteiger partial charge in [0.25, 0.3) is 0 Å². The van der Waals surface area contributed by atoms with Crippen molar-refractivity contribution in [2.24, 2.45) is 5.73 Å². The van der Waals surface area contributed by atoms with Gasteiger partial charge in [-0.15, -0.1) is 0 Å². The topological polar surface area (TPSA) is 76.5 Å². The number of carbonyl (C=O) groups excluding carboxylic acids is 1. The average Bonchev–Trinajstić information content (AvgIpc) is 3.44. The van der Waals surface area contributed by atoms with Gasteiger partial charge in [-0.25, -0.2) is 13.9 Å². The first-order chi connectivity index (χ1) is 13.6. The minimum Gasteiger partial charge on any atom is -0.338 e. The lowest BCUT2D eigenvalue weighted by Gasteiger charge is -2.25. The standard InChI is InChI=1S/C21H22FN5O/c22-16-7-8-26(11-16)21(28)20(23)18-5-2-14-9-13(1-4-17(14)18)15-3-6-19-24-12-25-27(19)10-15/h1,3-4,6,9-10,12,16,18,20H,2,5,7-8,11,23H2/t16-,18-,20-/m0/s1. The second-order valence-electron chi connectivity index (χ2n) is 7.74. The predicted octanol–water partition coefficient (Wildman–Crippen LogP) is 2.32. The molecule has 3 atom stereocenters. The molecule has 5 rings (SSSR count). The number of pyridine rings is 1. The number of hydrogen-bond donors (Lipinski definition) is 1. The van der Waals surface area contributed by atoms with E-state index in [0.29, 0.717) is 13.0 Å². The first-order valence-corrected chi connectivity index (χ1v) is 9.71. The minimum atomic E-state index is -0.920. The van der Waals surface area contributed by atoms with Gasteiger partial charge in [0.2, 0.25) is 5.91 Å². The summed E-state index contributed by atoms with van der Waals surface area (Å²) in [5.41, 5.74) is 11.7. The van der Waals surface area contributed by atoms with Crippen LogP contribution >= 0.6 is 0 Å². The summed E-state index contributed by atoms with van der Waals surface area (Å²) in [6.45, 7) is 0.646. The number of likely N-dealkylation sites (tertiary alicyclic amines) is 1. The summed E-state index contributed by atoms with van der Waals surface area (Å²) in [7, 11) is 0. The number of benzene rings is 1. The molecule has 28 heavy (non-hydrogen) atoms. The van der Waals surface area contributed by atoms with Crippen molar-refractivity contribution in [3.05, 3.63) is 54.0 Å². The van der Waals surface area contributed by atoms with Crippen molar-refractivity contribution in [3.63, 3.8) is 0 Å². The molecule has 1 saturated heterocycles. The van der Waals surface area contributed by atoms with Gasteiger partial charge < -0.3 is 10.6 Å². The fourth-order valence-electron chi connectivity index (χ4n) is 4.49. The Morgan fingerprint density at radius 2 is 2.07 bits per heavy atom. The molecule has 1 aromatic carbocycles. The van der Waals surface area contributed by atoms with Crippen molar-refractivity contribution in [2.45, 2.75) is 37.4 Å². The predicted molar refractivity (Wildman–Crippen MR) is 104 cm³/mol. The minimum absolute atomic E-state index is 0.00648. The maximum Gasteiger partial charge on any atom is 0.240 e. The maximum atomic E-state index is 13.5. The molecule has 0 saturated carbocycles. The number of amides is 1. The number of aromatic nitrogens is 3. The van der Waals surface area contributed by atoms with E-state index in [2.05, 4.69) is 28.3 Å². The van der Waals surface area contributed by atoms with E-state index in [-0.39, 0.29) is 18.4 Å². The Morgan fingerprint density at radius 1 is 1.21 bits per heavy atom. The van der Waals surface area contributed by atoms with Gasteiger partial charge in [0.05, 0.1) is 12.6 Å². The smallest absolute Gasteiger partial charge is 0.240 e. The first-order valence-electron chi connectivity index (χ1n) is 9.71. The molecule has 0 unspecified atom stereocenters. The van der Waals surface area contributed by atoms with Crippen molar-refractivity contribution in [1.82, 2.24) is 19.5 Å². The van der Waals surface area contributed by atoms with Crippen LogP contribution in [0.15, 0.2) is 42.9 Å². The summed E-state index contributed by atoms with van der Waals surface area (Å²) < 4.78 is 15.2. The van der Waals surface area contributed by atoms with E-state index in [1.165, 1.54) is 11.9 Å². The summed E-state index contributed by atoms with van der Waals surface area (Å²) in [4.78, 5) is 18.4. The SMILES string of the molecule is N[C@H](C(=O)N1CC[C@H](F)C1)[C@H]1CCc2cc(-c3ccc4ncnn4c3)ccc21. The van der Waals surface area contributed by atoms with E-state index in [4.69, 9.17) is 5.73 Å². The lowest BCUT2D eigenvalue weighted by atomic mass is 9.91. The molecule has 1 aliphatic heterocycles. The quantitative estimate of drug-likeness (QED) is 0.758. The van der Waals surface area contributed by atoms with Gasteiger partial charge in [0, 0.05) is 24.2 Å².